The summed E-state index contributed by atoms with van der Waals surface area (Å²) in [5, 5.41) is 0. The van der Waals surface area contributed by atoms with E-state index in [1.165, 1.54) is 11.4 Å². The molecule has 0 aliphatic carbocycles. The van der Waals surface area contributed by atoms with Crippen molar-refractivity contribution in [3.63, 3.8) is 0 Å². The molecule has 0 bridgehead atoms. The van der Waals surface area contributed by atoms with Crippen LogP contribution in [0, 0.1) is 0 Å². The Morgan fingerprint density at radius 2 is 2.26 bits per heavy atom. The van der Waals surface area contributed by atoms with E-state index in [-0.39, 0.29) is 11.7 Å². The molecule has 0 radical (unpaired) electrons. The van der Waals surface area contributed by atoms with Crippen LogP contribution in [0.25, 0.3) is 0 Å². The SMILES string of the molecule is COC(=O)C1=CC(c2cccc(Br)c2)NS(=O)N1C. The molecule has 0 aromatic heterocycles. The van der Waals surface area contributed by atoms with Gasteiger partial charge in [-0.15, -0.1) is 0 Å². The number of esters is 1. The summed E-state index contributed by atoms with van der Waals surface area (Å²) in [6, 6.07) is 7.29. The maximum absolute atomic E-state index is 12.0. The first-order valence-corrected chi connectivity index (χ1v) is 7.40. The summed E-state index contributed by atoms with van der Waals surface area (Å²) < 4.78 is 21.8. The Labute approximate surface area is 122 Å². The van der Waals surface area contributed by atoms with E-state index in [2.05, 4.69) is 20.7 Å². The molecule has 0 fully saturated rings. The molecular formula is C12H13BrN2O3S. The Balaban J connectivity index is 2.39. The molecule has 0 amide bonds. The second-order valence-corrected chi connectivity index (χ2v) is 6.14. The first kappa shape index (κ1) is 14.2. The summed E-state index contributed by atoms with van der Waals surface area (Å²) in [6.07, 6.45) is 1.70. The molecule has 1 aliphatic rings. The summed E-state index contributed by atoms with van der Waals surface area (Å²) >= 11 is 1.91. The average molecular weight is 345 g/mol. The monoisotopic (exact) mass is 344 g/mol. The van der Waals surface area contributed by atoms with Gasteiger partial charge < -0.3 is 4.74 Å². The summed E-state index contributed by atoms with van der Waals surface area (Å²) in [4.78, 5) is 11.7. The lowest BCUT2D eigenvalue weighted by atomic mass is 10.1. The predicted octanol–water partition coefficient (Wildman–Crippen LogP) is 1.66. The number of halogens is 1. The molecule has 7 heteroatoms. The van der Waals surface area contributed by atoms with Gasteiger partial charge in [0.15, 0.2) is 11.2 Å². The zero-order valence-electron chi connectivity index (χ0n) is 10.4. The normalized spacial score (nSPS) is 22.9. The van der Waals surface area contributed by atoms with Crippen molar-refractivity contribution < 1.29 is 13.7 Å². The third-order valence-corrected chi connectivity index (χ3v) is 4.39. The Kier molecular flexibility index (Phi) is 4.38. The fraction of sp³-hybridized carbons (Fsp3) is 0.250. The number of carbonyl (C=O) groups excluding carboxylic acids is 1. The standard InChI is InChI=1S/C12H13BrN2O3S/c1-15-11(12(16)18-2)7-10(14-19(15)17)8-4-3-5-9(13)6-8/h3-7,10,14H,1-2H3. The van der Waals surface area contributed by atoms with E-state index in [0.29, 0.717) is 0 Å². The van der Waals surface area contributed by atoms with Gasteiger partial charge in [-0.25, -0.2) is 13.7 Å². The highest BCUT2D eigenvalue weighted by molar-refractivity contribution is 9.10. The number of methoxy groups -OCH3 is 1. The molecule has 2 atom stereocenters. The number of carbonyl (C=O) groups is 1. The van der Waals surface area contributed by atoms with Crippen LogP contribution in [0.4, 0.5) is 0 Å². The largest absolute Gasteiger partial charge is 0.464 e. The lowest BCUT2D eigenvalue weighted by molar-refractivity contribution is -0.137. The third kappa shape index (κ3) is 3.05. The molecule has 1 aliphatic heterocycles. The van der Waals surface area contributed by atoms with Gasteiger partial charge in [-0.05, 0) is 23.8 Å². The summed E-state index contributed by atoms with van der Waals surface area (Å²) in [5.41, 5.74) is 1.20. The lowest BCUT2D eigenvalue weighted by Gasteiger charge is -2.28. The van der Waals surface area contributed by atoms with Crippen molar-refractivity contribution in [3.8, 4) is 0 Å². The van der Waals surface area contributed by atoms with Crippen LogP contribution >= 0.6 is 15.9 Å². The second kappa shape index (κ2) is 5.85. The highest BCUT2D eigenvalue weighted by atomic mass is 79.9. The number of nitrogens with one attached hydrogen (secondary N) is 1. The number of hydrogen-bond donors (Lipinski definition) is 1. The van der Waals surface area contributed by atoms with Crippen LogP contribution in [0.15, 0.2) is 40.5 Å². The van der Waals surface area contributed by atoms with E-state index in [0.717, 1.165) is 10.0 Å². The van der Waals surface area contributed by atoms with Gasteiger partial charge in [-0.1, -0.05) is 28.1 Å². The van der Waals surface area contributed by atoms with Gasteiger partial charge in [-0.2, -0.15) is 0 Å². The maximum atomic E-state index is 12.0. The highest BCUT2D eigenvalue weighted by Crippen LogP contribution is 2.25. The molecule has 1 aromatic rings. The van der Waals surface area contributed by atoms with Gasteiger partial charge in [0, 0.05) is 11.5 Å². The molecular weight excluding hydrogens is 332 g/mol. The fourth-order valence-corrected chi connectivity index (χ4v) is 3.05. The van der Waals surface area contributed by atoms with Crippen molar-refractivity contribution in [2.75, 3.05) is 14.2 Å². The fourth-order valence-electron chi connectivity index (χ4n) is 1.74. The Hall–Kier alpha value is -1.18. The minimum absolute atomic E-state index is 0.282. The molecule has 2 unspecified atom stereocenters. The topological polar surface area (TPSA) is 58.6 Å². The van der Waals surface area contributed by atoms with E-state index >= 15 is 0 Å². The average Bonchev–Trinajstić information content (AvgIpc) is 2.40. The maximum Gasteiger partial charge on any atom is 0.355 e. The van der Waals surface area contributed by atoms with E-state index in [1.54, 1.807) is 13.1 Å². The first-order chi connectivity index (χ1) is 9.02. The van der Waals surface area contributed by atoms with Crippen LogP contribution in [0.1, 0.15) is 11.6 Å². The number of nitrogens with zero attached hydrogens (tertiary/aromatic N) is 1. The van der Waals surface area contributed by atoms with Crippen molar-refractivity contribution in [2.45, 2.75) is 6.04 Å². The molecule has 0 spiro atoms. The quantitative estimate of drug-likeness (QED) is 0.830. The molecule has 0 saturated heterocycles. The molecule has 0 saturated carbocycles. The second-order valence-electron chi connectivity index (χ2n) is 3.94. The van der Waals surface area contributed by atoms with Crippen LogP contribution in [-0.4, -0.2) is 28.6 Å². The van der Waals surface area contributed by atoms with Crippen molar-refractivity contribution in [1.29, 1.82) is 0 Å². The lowest BCUT2D eigenvalue weighted by Crippen LogP contribution is -2.40. The van der Waals surface area contributed by atoms with Crippen LogP contribution in [-0.2, 0) is 20.7 Å². The zero-order chi connectivity index (χ0) is 14.0. The molecule has 5 nitrogen and oxygen atoms in total. The van der Waals surface area contributed by atoms with Crippen LogP contribution in [0.3, 0.4) is 0 Å². The number of rotatable bonds is 2. The Morgan fingerprint density at radius 1 is 1.53 bits per heavy atom. The zero-order valence-corrected chi connectivity index (χ0v) is 12.8. The molecule has 19 heavy (non-hydrogen) atoms. The number of benzene rings is 1. The first-order valence-electron chi connectivity index (χ1n) is 5.50. The van der Waals surface area contributed by atoms with Crippen molar-refractivity contribution in [2.24, 2.45) is 0 Å². The smallest absolute Gasteiger partial charge is 0.355 e. The molecule has 2 rings (SSSR count). The van der Waals surface area contributed by atoms with Gasteiger partial charge in [0.1, 0.15) is 5.70 Å². The highest BCUT2D eigenvalue weighted by Gasteiger charge is 2.28. The number of ether oxygens (including phenoxy) is 1. The van der Waals surface area contributed by atoms with Gasteiger partial charge in [0.2, 0.25) is 0 Å². The van der Waals surface area contributed by atoms with Crippen LogP contribution < -0.4 is 4.72 Å². The Bertz CT molecular complexity index is 562. The van der Waals surface area contributed by atoms with E-state index in [4.69, 9.17) is 4.74 Å². The van der Waals surface area contributed by atoms with Crippen molar-refractivity contribution in [1.82, 2.24) is 9.03 Å². The van der Waals surface area contributed by atoms with E-state index in [1.807, 2.05) is 24.3 Å². The van der Waals surface area contributed by atoms with E-state index in [9.17, 15) is 9.00 Å². The molecule has 1 aromatic carbocycles. The number of hydrogen-bond acceptors (Lipinski definition) is 3. The molecule has 1 N–H and O–H groups in total. The number of likely N-dealkylation sites (N-methyl/N-ethyl adjacent to an activating group) is 1. The van der Waals surface area contributed by atoms with Gasteiger partial charge in [-0.3, -0.25) is 4.31 Å². The van der Waals surface area contributed by atoms with Gasteiger partial charge >= 0.3 is 5.97 Å². The van der Waals surface area contributed by atoms with Crippen molar-refractivity contribution in [3.05, 3.63) is 46.1 Å². The van der Waals surface area contributed by atoms with Crippen LogP contribution in [0.2, 0.25) is 0 Å². The molecule has 102 valence electrons. The minimum Gasteiger partial charge on any atom is -0.464 e. The minimum atomic E-state index is -1.48. The summed E-state index contributed by atoms with van der Waals surface area (Å²) in [7, 11) is 2.87. The van der Waals surface area contributed by atoms with E-state index < -0.39 is 17.1 Å². The third-order valence-electron chi connectivity index (χ3n) is 2.74. The summed E-state index contributed by atoms with van der Waals surface area (Å²) in [6.45, 7) is 0. The van der Waals surface area contributed by atoms with Crippen LogP contribution in [0.5, 0.6) is 0 Å². The van der Waals surface area contributed by atoms with Gasteiger partial charge in [0.05, 0.1) is 13.2 Å². The molecule has 1 heterocycles. The van der Waals surface area contributed by atoms with Gasteiger partial charge in [0.25, 0.3) is 0 Å². The van der Waals surface area contributed by atoms with Crippen molar-refractivity contribution >= 4 is 33.1 Å². The Morgan fingerprint density at radius 3 is 2.89 bits per heavy atom. The predicted molar refractivity (Wildman–Crippen MR) is 76.0 cm³/mol. The summed E-state index contributed by atoms with van der Waals surface area (Å²) in [5.74, 6) is -0.502.